The van der Waals surface area contributed by atoms with Crippen LogP contribution in [0.25, 0.3) is 0 Å². The molecular formula is C18H20ClN5O7. The van der Waals surface area contributed by atoms with Gasteiger partial charge in [0.05, 0.1) is 23.0 Å². The zero-order chi connectivity index (χ0) is 23.2. The second-order valence-corrected chi connectivity index (χ2v) is 5.98. The van der Waals surface area contributed by atoms with Gasteiger partial charge < -0.3 is 21.1 Å². The molecule has 13 heteroatoms. The van der Waals surface area contributed by atoms with Crippen molar-refractivity contribution in [3.05, 3.63) is 68.8 Å². The summed E-state index contributed by atoms with van der Waals surface area (Å²) in [5, 5.41) is 36.9. The Hall–Kier alpha value is -3.77. The molecule has 31 heavy (non-hydrogen) atoms. The van der Waals surface area contributed by atoms with E-state index in [0.717, 1.165) is 0 Å². The molecule has 0 radical (unpaired) electrons. The average Bonchev–Trinajstić information content (AvgIpc) is 2.77. The number of aliphatic hydroxyl groups is 1. The first-order chi connectivity index (χ1) is 14.8. The summed E-state index contributed by atoms with van der Waals surface area (Å²) in [5.74, 6) is -0.741. The fourth-order valence-corrected chi connectivity index (χ4v) is 2.07. The molecule has 0 aliphatic carbocycles. The van der Waals surface area contributed by atoms with E-state index in [1.54, 1.807) is 0 Å². The van der Waals surface area contributed by atoms with E-state index in [-0.39, 0.29) is 48.8 Å². The highest BCUT2D eigenvalue weighted by Gasteiger charge is 2.06. The molecule has 0 aromatic heterocycles. The number of nitro groups is 2. The highest BCUT2D eigenvalue weighted by molar-refractivity contribution is 6.29. The van der Waals surface area contributed by atoms with Crippen molar-refractivity contribution in [2.75, 3.05) is 36.2 Å². The first-order valence-corrected chi connectivity index (χ1v) is 9.26. The summed E-state index contributed by atoms with van der Waals surface area (Å²) in [6, 6.07) is 11.3. The number of nitrogens with one attached hydrogen (secondary N) is 3. The van der Waals surface area contributed by atoms with Gasteiger partial charge >= 0.3 is 0 Å². The van der Waals surface area contributed by atoms with E-state index in [2.05, 4.69) is 16.0 Å². The summed E-state index contributed by atoms with van der Waals surface area (Å²) in [6.07, 6.45) is 0. The van der Waals surface area contributed by atoms with Crippen LogP contribution in [0.4, 0.5) is 22.7 Å². The third kappa shape index (κ3) is 10.0. The van der Waals surface area contributed by atoms with E-state index in [9.17, 15) is 29.8 Å². The molecule has 0 saturated carbocycles. The molecule has 2 aromatic rings. The monoisotopic (exact) mass is 453 g/mol. The lowest BCUT2D eigenvalue weighted by Gasteiger charge is -2.06. The largest absolute Gasteiger partial charge is 0.395 e. The van der Waals surface area contributed by atoms with Crippen LogP contribution in [0.15, 0.2) is 48.5 Å². The summed E-state index contributed by atoms with van der Waals surface area (Å²) in [4.78, 5) is 41.7. The maximum Gasteiger partial charge on any atom is 0.269 e. The summed E-state index contributed by atoms with van der Waals surface area (Å²) in [6.45, 7) is 0.155. The van der Waals surface area contributed by atoms with E-state index < -0.39 is 9.85 Å². The van der Waals surface area contributed by atoms with Crippen LogP contribution in [-0.2, 0) is 9.59 Å². The molecular weight excluding hydrogens is 434 g/mol. The predicted molar refractivity (Wildman–Crippen MR) is 114 cm³/mol. The third-order valence-electron chi connectivity index (χ3n) is 3.45. The van der Waals surface area contributed by atoms with Gasteiger partial charge in [-0.15, -0.1) is 11.6 Å². The number of rotatable bonds is 9. The standard InChI is InChI=1S/C10H13N3O4.C8H7ClN2O3/c14-6-5-11-10(15)7-12-8-1-3-9(4-2-8)13(16)17;9-5-8(12)10-6-1-3-7(4-2-6)11(13)14/h1-4,12,14H,5-7H2,(H,11,15);1-4H,5H2,(H,10,12). The van der Waals surface area contributed by atoms with E-state index in [0.29, 0.717) is 11.4 Å². The molecule has 0 spiro atoms. The number of aliphatic hydroxyl groups excluding tert-OH is 1. The van der Waals surface area contributed by atoms with Crippen LogP contribution in [0, 0.1) is 20.2 Å². The van der Waals surface area contributed by atoms with Crippen molar-refractivity contribution in [2.24, 2.45) is 0 Å². The molecule has 0 bridgehead atoms. The lowest BCUT2D eigenvalue weighted by Crippen LogP contribution is -2.31. The number of nitro benzene ring substituents is 2. The number of nitrogens with zero attached hydrogens (tertiary/aromatic N) is 2. The number of anilines is 2. The molecule has 2 aromatic carbocycles. The van der Waals surface area contributed by atoms with E-state index >= 15 is 0 Å². The molecule has 0 saturated heterocycles. The number of alkyl halides is 1. The Morgan fingerprint density at radius 2 is 1.35 bits per heavy atom. The summed E-state index contributed by atoms with van der Waals surface area (Å²) in [7, 11) is 0. The number of carbonyl (C=O) groups excluding carboxylic acids is 2. The van der Waals surface area contributed by atoms with Gasteiger partial charge in [-0.05, 0) is 24.3 Å². The average molecular weight is 454 g/mol. The van der Waals surface area contributed by atoms with Gasteiger partial charge in [0.25, 0.3) is 11.4 Å². The van der Waals surface area contributed by atoms with Crippen molar-refractivity contribution in [2.45, 2.75) is 0 Å². The Morgan fingerprint density at radius 1 is 0.871 bits per heavy atom. The van der Waals surface area contributed by atoms with Gasteiger partial charge in [-0.1, -0.05) is 0 Å². The minimum absolute atomic E-state index is 0.000261. The van der Waals surface area contributed by atoms with Gasteiger partial charge in [-0.25, -0.2) is 0 Å². The molecule has 0 aliphatic heterocycles. The van der Waals surface area contributed by atoms with E-state index in [1.165, 1.54) is 48.5 Å². The first-order valence-electron chi connectivity index (χ1n) is 8.73. The maximum absolute atomic E-state index is 11.2. The highest BCUT2D eigenvalue weighted by Crippen LogP contribution is 2.15. The molecule has 2 rings (SSSR count). The number of hydrogen-bond donors (Lipinski definition) is 4. The molecule has 0 aliphatic rings. The van der Waals surface area contributed by atoms with Gasteiger partial charge in [0, 0.05) is 42.2 Å². The molecule has 0 atom stereocenters. The van der Waals surface area contributed by atoms with Crippen LogP contribution >= 0.6 is 11.6 Å². The van der Waals surface area contributed by atoms with Crippen LogP contribution in [0.5, 0.6) is 0 Å². The van der Waals surface area contributed by atoms with Crippen LogP contribution in [0.1, 0.15) is 0 Å². The Kier molecular flexibility index (Phi) is 11.0. The first kappa shape index (κ1) is 25.3. The quantitative estimate of drug-likeness (QED) is 0.252. The van der Waals surface area contributed by atoms with Gasteiger partial charge in [0.15, 0.2) is 0 Å². The Labute approximate surface area is 181 Å². The molecule has 12 nitrogen and oxygen atoms in total. The Balaban J connectivity index is 0.000000316. The molecule has 166 valence electrons. The molecule has 4 N–H and O–H groups in total. The fraction of sp³-hybridized carbons (Fsp3) is 0.222. The number of amides is 2. The minimum Gasteiger partial charge on any atom is -0.395 e. The summed E-state index contributed by atoms with van der Waals surface area (Å²) >= 11 is 5.26. The normalized spacial score (nSPS) is 9.61. The number of carbonyl (C=O) groups is 2. The Morgan fingerprint density at radius 3 is 1.77 bits per heavy atom. The number of hydrogen-bond acceptors (Lipinski definition) is 8. The number of benzene rings is 2. The third-order valence-corrected chi connectivity index (χ3v) is 3.69. The van der Waals surface area contributed by atoms with Crippen molar-refractivity contribution in [3.8, 4) is 0 Å². The van der Waals surface area contributed by atoms with Crippen molar-refractivity contribution in [3.63, 3.8) is 0 Å². The van der Waals surface area contributed by atoms with Crippen LogP contribution in [0.3, 0.4) is 0 Å². The van der Waals surface area contributed by atoms with Crippen molar-refractivity contribution < 1.29 is 24.5 Å². The maximum atomic E-state index is 11.2. The molecule has 2 amide bonds. The van der Waals surface area contributed by atoms with Gasteiger partial charge in [0.1, 0.15) is 5.88 Å². The van der Waals surface area contributed by atoms with Gasteiger partial charge in [-0.3, -0.25) is 29.8 Å². The minimum atomic E-state index is -0.507. The van der Waals surface area contributed by atoms with Gasteiger partial charge in [0.2, 0.25) is 11.8 Å². The van der Waals surface area contributed by atoms with Crippen LogP contribution < -0.4 is 16.0 Å². The topological polar surface area (TPSA) is 177 Å². The van der Waals surface area contributed by atoms with Gasteiger partial charge in [-0.2, -0.15) is 0 Å². The number of non-ortho nitro benzene ring substituents is 2. The predicted octanol–water partition coefficient (Wildman–Crippen LogP) is 1.89. The summed E-state index contributed by atoms with van der Waals surface area (Å²) in [5.41, 5.74) is 1.09. The van der Waals surface area contributed by atoms with E-state index in [1.807, 2.05) is 0 Å². The zero-order valence-corrected chi connectivity index (χ0v) is 16.9. The molecule has 0 heterocycles. The smallest absolute Gasteiger partial charge is 0.269 e. The lowest BCUT2D eigenvalue weighted by molar-refractivity contribution is -0.385. The highest BCUT2D eigenvalue weighted by atomic mass is 35.5. The van der Waals surface area contributed by atoms with Crippen molar-refractivity contribution >= 4 is 46.2 Å². The van der Waals surface area contributed by atoms with Crippen molar-refractivity contribution in [1.82, 2.24) is 5.32 Å². The lowest BCUT2D eigenvalue weighted by atomic mass is 10.3. The molecule has 0 unspecified atom stereocenters. The van der Waals surface area contributed by atoms with Crippen molar-refractivity contribution in [1.29, 1.82) is 0 Å². The van der Waals surface area contributed by atoms with E-state index in [4.69, 9.17) is 16.7 Å². The number of halogens is 1. The second kappa shape index (κ2) is 13.5. The Bertz CT molecular complexity index is 891. The molecule has 0 fully saturated rings. The SMILES string of the molecule is O=C(CCl)Nc1ccc([N+](=O)[O-])cc1.O=C(CNc1ccc([N+](=O)[O-])cc1)NCCO. The zero-order valence-electron chi connectivity index (χ0n) is 16.1. The second-order valence-electron chi connectivity index (χ2n) is 5.72. The fourth-order valence-electron chi connectivity index (χ4n) is 2.00. The van der Waals surface area contributed by atoms with Crippen LogP contribution in [-0.4, -0.2) is 52.3 Å². The summed E-state index contributed by atoms with van der Waals surface area (Å²) < 4.78 is 0. The van der Waals surface area contributed by atoms with Crippen LogP contribution in [0.2, 0.25) is 0 Å².